The lowest BCUT2D eigenvalue weighted by Crippen LogP contribution is -2.55. The maximum atomic E-state index is 14.0. The van der Waals surface area contributed by atoms with Crippen LogP contribution in [-0.2, 0) is 17.1 Å². The number of amides is 1. The second-order valence-electron chi connectivity index (χ2n) is 5.86. The number of aryl methyl sites for hydroxylation is 1. The van der Waals surface area contributed by atoms with E-state index in [-0.39, 0.29) is 24.2 Å². The summed E-state index contributed by atoms with van der Waals surface area (Å²) in [5, 5.41) is 13.3. The Kier molecular flexibility index (Phi) is 4.28. The fraction of sp³-hybridized carbons (Fsp3) is 0.583. The van der Waals surface area contributed by atoms with Gasteiger partial charge in [-0.2, -0.15) is 4.68 Å². The molecule has 1 amide bonds. The minimum absolute atomic E-state index is 0.0579. The molecular formula is C12H16FN7O4S. The fourth-order valence-corrected chi connectivity index (χ4v) is 4.19. The van der Waals surface area contributed by atoms with Gasteiger partial charge in [-0.25, -0.2) is 32.1 Å². The highest BCUT2D eigenvalue weighted by molar-refractivity contribution is 7.89. The smallest absolute Gasteiger partial charge is 0.346 e. The van der Waals surface area contributed by atoms with Gasteiger partial charge in [0.25, 0.3) is 5.91 Å². The van der Waals surface area contributed by atoms with Gasteiger partial charge in [0, 0.05) is 7.05 Å². The summed E-state index contributed by atoms with van der Waals surface area (Å²) in [7, 11) is -2.81. The number of fused-ring (bicyclic) bond motifs is 1. The van der Waals surface area contributed by atoms with Crippen molar-refractivity contribution in [2.45, 2.75) is 36.7 Å². The molecule has 0 bridgehead atoms. The van der Waals surface area contributed by atoms with E-state index in [1.54, 1.807) is 0 Å². The first-order valence-electron chi connectivity index (χ1n) is 7.43. The van der Waals surface area contributed by atoms with Gasteiger partial charge >= 0.3 is 5.69 Å². The van der Waals surface area contributed by atoms with Crippen LogP contribution in [0.4, 0.5) is 4.39 Å². The zero-order chi connectivity index (χ0) is 18.4. The zero-order valence-corrected chi connectivity index (χ0v) is 14.0. The van der Waals surface area contributed by atoms with Gasteiger partial charge in [-0.3, -0.25) is 4.79 Å². The predicted octanol–water partition coefficient (Wildman–Crippen LogP) is -1.90. The first kappa shape index (κ1) is 17.4. The number of carbonyl (C=O) groups excluding carboxylic acids is 1. The zero-order valence-electron chi connectivity index (χ0n) is 13.2. The SMILES string of the molecule is Cn1nnc2c(C(=O)NC3CCCC(F)C3S(N)(=O)=O)ncn2c1=O. The summed E-state index contributed by atoms with van der Waals surface area (Å²) in [4.78, 5) is 28.2. The van der Waals surface area contributed by atoms with Gasteiger partial charge in [-0.15, -0.1) is 5.10 Å². The monoisotopic (exact) mass is 373 g/mol. The molecule has 0 aromatic carbocycles. The van der Waals surface area contributed by atoms with E-state index in [4.69, 9.17) is 5.14 Å². The minimum atomic E-state index is -4.19. The van der Waals surface area contributed by atoms with Gasteiger partial charge in [0.15, 0.2) is 11.3 Å². The number of carbonyl (C=O) groups is 1. The van der Waals surface area contributed by atoms with E-state index < -0.39 is 39.1 Å². The van der Waals surface area contributed by atoms with Gasteiger partial charge in [0.1, 0.15) is 17.7 Å². The Bertz CT molecular complexity index is 985. The summed E-state index contributed by atoms with van der Waals surface area (Å²) in [6, 6.07) is -0.998. The highest BCUT2D eigenvalue weighted by Crippen LogP contribution is 2.26. The largest absolute Gasteiger partial charge is 0.352 e. The lowest BCUT2D eigenvalue weighted by molar-refractivity contribution is 0.0912. The molecule has 1 aliphatic rings. The summed E-state index contributed by atoms with van der Waals surface area (Å²) >= 11 is 0. The van der Waals surface area contributed by atoms with Crippen LogP contribution in [0.3, 0.4) is 0 Å². The molecule has 0 saturated heterocycles. The Labute approximate surface area is 141 Å². The van der Waals surface area contributed by atoms with Crippen LogP contribution in [0, 0.1) is 0 Å². The average molecular weight is 373 g/mol. The molecule has 0 radical (unpaired) electrons. The molecule has 25 heavy (non-hydrogen) atoms. The Morgan fingerprint density at radius 2 is 2.16 bits per heavy atom. The second kappa shape index (κ2) is 6.15. The lowest BCUT2D eigenvalue weighted by Gasteiger charge is -2.32. The van der Waals surface area contributed by atoms with Gasteiger partial charge in [-0.1, -0.05) is 5.21 Å². The van der Waals surface area contributed by atoms with E-state index >= 15 is 0 Å². The van der Waals surface area contributed by atoms with Gasteiger partial charge < -0.3 is 5.32 Å². The molecule has 3 atom stereocenters. The van der Waals surface area contributed by atoms with Crippen molar-refractivity contribution in [1.82, 2.24) is 29.7 Å². The van der Waals surface area contributed by atoms with Crippen molar-refractivity contribution in [1.29, 1.82) is 0 Å². The van der Waals surface area contributed by atoms with Crippen molar-refractivity contribution in [3.63, 3.8) is 0 Å². The summed E-state index contributed by atoms with van der Waals surface area (Å²) < 4.78 is 39.4. The molecule has 11 nitrogen and oxygen atoms in total. The van der Waals surface area contributed by atoms with Gasteiger partial charge in [-0.05, 0) is 19.3 Å². The van der Waals surface area contributed by atoms with Crippen molar-refractivity contribution < 1.29 is 17.6 Å². The Morgan fingerprint density at radius 1 is 1.44 bits per heavy atom. The van der Waals surface area contributed by atoms with Crippen molar-refractivity contribution in [2.24, 2.45) is 12.2 Å². The van der Waals surface area contributed by atoms with E-state index in [1.807, 2.05) is 0 Å². The molecule has 2 aromatic rings. The molecule has 0 spiro atoms. The quantitative estimate of drug-likeness (QED) is 0.637. The third-order valence-electron chi connectivity index (χ3n) is 4.16. The molecule has 3 N–H and O–H groups in total. The van der Waals surface area contributed by atoms with Crippen LogP contribution < -0.4 is 16.1 Å². The summed E-state index contributed by atoms with van der Waals surface area (Å²) in [6.45, 7) is 0. The number of halogens is 1. The van der Waals surface area contributed by atoms with E-state index in [0.29, 0.717) is 6.42 Å². The molecule has 0 aliphatic heterocycles. The van der Waals surface area contributed by atoms with E-state index in [1.165, 1.54) is 7.05 Å². The molecule has 1 aliphatic carbocycles. The first-order chi connectivity index (χ1) is 11.7. The number of nitrogens with two attached hydrogens (primary N) is 1. The average Bonchev–Trinajstić information content (AvgIpc) is 2.94. The van der Waals surface area contributed by atoms with Crippen LogP contribution in [0.25, 0.3) is 5.65 Å². The number of aromatic nitrogens is 5. The molecule has 2 heterocycles. The number of nitrogens with one attached hydrogen (secondary N) is 1. The fourth-order valence-electron chi connectivity index (χ4n) is 2.98. The van der Waals surface area contributed by atoms with Crippen molar-refractivity contribution in [3.8, 4) is 0 Å². The number of alkyl halides is 1. The number of imidazole rings is 1. The second-order valence-corrected chi connectivity index (χ2v) is 7.59. The molecule has 3 rings (SSSR count). The van der Waals surface area contributed by atoms with Crippen molar-refractivity contribution >= 4 is 21.6 Å². The number of hydrogen-bond donors (Lipinski definition) is 2. The van der Waals surface area contributed by atoms with Crippen LogP contribution in [0.2, 0.25) is 0 Å². The standard InChI is InChI=1S/C12H16FN7O4S/c1-19-12(22)20-5-15-8(10(20)17-18-19)11(21)16-7-4-2-3-6(13)9(7)25(14,23)24/h5-7,9H,2-4H2,1H3,(H,16,21)(H2,14,23,24). The molecular weight excluding hydrogens is 357 g/mol. The normalized spacial score (nSPS) is 24.4. The molecule has 2 aromatic heterocycles. The Balaban J connectivity index is 1.92. The number of primary sulfonamides is 1. The van der Waals surface area contributed by atoms with Crippen molar-refractivity contribution in [2.75, 3.05) is 0 Å². The Morgan fingerprint density at radius 3 is 2.84 bits per heavy atom. The number of sulfonamides is 1. The molecule has 1 fully saturated rings. The highest BCUT2D eigenvalue weighted by atomic mass is 32.2. The topological polar surface area (TPSA) is 154 Å². The molecule has 3 unspecified atom stereocenters. The third-order valence-corrected chi connectivity index (χ3v) is 5.54. The van der Waals surface area contributed by atoms with E-state index in [0.717, 1.165) is 15.4 Å². The number of hydrogen-bond acceptors (Lipinski definition) is 7. The third kappa shape index (κ3) is 3.11. The van der Waals surface area contributed by atoms with Crippen LogP contribution in [0.5, 0.6) is 0 Å². The van der Waals surface area contributed by atoms with Crippen LogP contribution >= 0.6 is 0 Å². The van der Waals surface area contributed by atoms with Crippen LogP contribution in [0.1, 0.15) is 29.8 Å². The number of nitrogens with zero attached hydrogens (tertiary/aromatic N) is 5. The van der Waals surface area contributed by atoms with E-state index in [9.17, 15) is 22.4 Å². The maximum Gasteiger partial charge on any atom is 0.352 e. The molecule has 136 valence electrons. The summed E-state index contributed by atoms with van der Waals surface area (Å²) in [5.74, 6) is -0.780. The highest BCUT2D eigenvalue weighted by Gasteiger charge is 2.42. The number of rotatable bonds is 3. The van der Waals surface area contributed by atoms with E-state index in [2.05, 4.69) is 20.6 Å². The molecule has 1 saturated carbocycles. The lowest BCUT2D eigenvalue weighted by atomic mass is 9.93. The van der Waals surface area contributed by atoms with Gasteiger partial charge in [0.05, 0.1) is 6.04 Å². The summed E-state index contributed by atoms with van der Waals surface area (Å²) in [5.41, 5.74) is -0.847. The van der Waals surface area contributed by atoms with Gasteiger partial charge in [0.2, 0.25) is 10.0 Å². The minimum Gasteiger partial charge on any atom is -0.346 e. The van der Waals surface area contributed by atoms with Crippen LogP contribution in [-0.4, -0.2) is 56.2 Å². The van der Waals surface area contributed by atoms with Crippen LogP contribution in [0.15, 0.2) is 11.1 Å². The molecule has 13 heteroatoms. The van der Waals surface area contributed by atoms with Crippen molar-refractivity contribution in [3.05, 3.63) is 22.5 Å². The predicted molar refractivity (Wildman–Crippen MR) is 82.9 cm³/mol. The first-order valence-corrected chi connectivity index (χ1v) is 9.04. The summed E-state index contributed by atoms with van der Waals surface area (Å²) in [6.07, 6.45) is 0.161. The maximum absolute atomic E-state index is 14.0. The Hall–Kier alpha value is -2.41.